The fourth-order valence-electron chi connectivity index (χ4n) is 2.77. The molecule has 1 aromatic rings. The molecule has 1 unspecified atom stereocenters. The molecule has 0 saturated carbocycles. The zero-order chi connectivity index (χ0) is 15.6. The second-order valence-corrected chi connectivity index (χ2v) is 7.01. The normalized spacial score (nSPS) is 17.6. The number of nitrogens with zero attached hydrogens (tertiary/aromatic N) is 1. The van der Waals surface area contributed by atoms with Crippen LogP contribution in [0, 0.1) is 5.41 Å². The van der Waals surface area contributed by atoms with Gasteiger partial charge in [-0.3, -0.25) is 4.79 Å². The maximum Gasteiger partial charge on any atom is 0.237 e. The van der Waals surface area contributed by atoms with Gasteiger partial charge in [0.05, 0.1) is 6.04 Å². The van der Waals surface area contributed by atoms with Crippen LogP contribution in [-0.4, -0.2) is 31.1 Å². The zero-order valence-electron chi connectivity index (χ0n) is 14.3. The summed E-state index contributed by atoms with van der Waals surface area (Å²) in [5, 5.41) is 2.96. The fraction of sp³-hybridized carbons (Fsp3) is 0.588. The molecule has 1 aliphatic rings. The first-order valence-electron chi connectivity index (χ1n) is 7.68. The van der Waals surface area contributed by atoms with Crippen LogP contribution in [0.1, 0.15) is 33.3 Å². The largest absolute Gasteiger partial charge is 0.367 e. The predicted molar refractivity (Wildman–Crippen MR) is 102 cm³/mol. The molecule has 0 aromatic heterocycles. The van der Waals surface area contributed by atoms with Crippen molar-refractivity contribution in [2.24, 2.45) is 11.1 Å². The predicted octanol–water partition coefficient (Wildman–Crippen LogP) is 2.77. The standard InChI is InChI=1S/C17H27N3O.2ClH/c1-12-11-13-7-5-6-8-14(13)20(12)10-9-19-16(21)15(18)17(2,3)4;;/h5-8,12,15H,9-11,18H2,1-4H3,(H,19,21);2*1H/t12?,15-;;/m1../s1. The summed E-state index contributed by atoms with van der Waals surface area (Å²) in [6.45, 7) is 9.62. The zero-order valence-corrected chi connectivity index (χ0v) is 16.0. The summed E-state index contributed by atoms with van der Waals surface area (Å²) in [5.41, 5.74) is 8.44. The summed E-state index contributed by atoms with van der Waals surface area (Å²) < 4.78 is 0. The van der Waals surface area contributed by atoms with Crippen LogP contribution in [0.2, 0.25) is 0 Å². The molecule has 6 heteroatoms. The highest BCUT2D eigenvalue weighted by molar-refractivity contribution is 5.85. The van der Waals surface area contributed by atoms with Crippen molar-refractivity contribution in [3.05, 3.63) is 29.8 Å². The summed E-state index contributed by atoms with van der Waals surface area (Å²) in [6.07, 6.45) is 1.08. The molecule has 2 atom stereocenters. The van der Waals surface area contributed by atoms with Gasteiger partial charge in [-0.15, -0.1) is 24.8 Å². The molecule has 2 rings (SSSR count). The van der Waals surface area contributed by atoms with Crippen molar-refractivity contribution in [3.63, 3.8) is 0 Å². The lowest BCUT2D eigenvalue weighted by molar-refractivity contribution is -0.124. The minimum absolute atomic E-state index is 0. The Balaban J connectivity index is 0.00000242. The molecule has 1 aromatic carbocycles. The third kappa shape index (κ3) is 5.27. The lowest BCUT2D eigenvalue weighted by Gasteiger charge is -2.28. The Morgan fingerprint density at radius 1 is 1.35 bits per heavy atom. The van der Waals surface area contributed by atoms with Crippen molar-refractivity contribution in [1.82, 2.24) is 5.32 Å². The smallest absolute Gasteiger partial charge is 0.237 e. The molecule has 0 fully saturated rings. The Kier molecular flexibility index (Phi) is 8.39. The number of halogens is 2. The van der Waals surface area contributed by atoms with Crippen LogP contribution in [0.15, 0.2) is 24.3 Å². The lowest BCUT2D eigenvalue weighted by Crippen LogP contribution is -2.50. The van der Waals surface area contributed by atoms with E-state index >= 15 is 0 Å². The summed E-state index contributed by atoms with van der Waals surface area (Å²) >= 11 is 0. The Bertz CT molecular complexity index is 517. The van der Waals surface area contributed by atoms with Crippen molar-refractivity contribution in [2.75, 3.05) is 18.0 Å². The van der Waals surface area contributed by atoms with E-state index in [-0.39, 0.29) is 36.1 Å². The van der Waals surface area contributed by atoms with Gasteiger partial charge in [0.15, 0.2) is 0 Å². The van der Waals surface area contributed by atoms with Crippen LogP contribution in [0.4, 0.5) is 5.69 Å². The van der Waals surface area contributed by atoms with Crippen LogP contribution < -0.4 is 16.0 Å². The molecular formula is C17H29Cl2N3O. The van der Waals surface area contributed by atoms with Crippen molar-refractivity contribution in [3.8, 4) is 0 Å². The second kappa shape index (κ2) is 8.76. The van der Waals surface area contributed by atoms with E-state index < -0.39 is 6.04 Å². The molecule has 1 aliphatic heterocycles. The fourth-order valence-corrected chi connectivity index (χ4v) is 2.77. The van der Waals surface area contributed by atoms with E-state index in [1.165, 1.54) is 11.3 Å². The number of carbonyl (C=O) groups excluding carboxylic acids is 1. The Morgan fingerprint density at radius 2 is 1.96 bits per heavy atom. The van der Waals surface area contributed by atoms with Crippen molar-refractivity contribution >= 4 is 36.4 Å². The van der Waals surface area contributed by atoms with Crippen LogP contribution in [0.25, 0.3) is 0 Å². The lowest BCUT2D eigenvalue weighted by atomic mass is 9.87. The number of hydrogen-bond donors (Lipinski definition) is 2. The van der Waals surface area contributed by atoms with Gasteiger partial charge in [0, 0.05) is 24.8 Å². The number of amides is 1. The average Bonchev–Trinajstić information content (AvgIpc) is 2.73. The highest BCUT2D eigenvalue weighted by atomic mass is 35.5. The van der Waals surface area contributed by atoms with Gasteiger partial charge in [-0.2, -0.15) is 0 Å². The maximum absolute atomic E-state index is 12.0. The average molecular weight is 362 g/mol. The minimum Gasteiger partial charge on any atom is -0.367 e. The molecule has 0 spiro atoms. The van der Waals surface area contributed by atoms with Crippen LogP contribution in [0.3, 0.4) is 0 Å². The van der Waals surface area contributed by atoms with E-state index in [1.807, 2.05) is 20.8 Å². The van der Waals surface area contributed by atoms with Gasteiger partial charge in [-0.1, -0.05) is 39.0 Å². The summed E-state index contributed by atoms with van der Waals surface area (Å²) in [4.78, 5) is 14.4. The first-order chi connectivity index (χ1) is 9.80. The van der Waals surface area contributed by atoms with Gasteiger partial charge < -0.3 is 16.0 Å². The third-order valence-electron chi connectivity index (χ3n) is 4.22. The summed E-state index contributed by atoms with van der Waals surface area (Å²) in [6, 6.07) is 8.50. The van der Waals surface area contributed by atoms with E-state index in [1.54, 1.807) is 0 Å². The van der Waals surface area contributed by atoms with E-state index in [9.17, 15) is 4.79 Å². The number of fused-ring (bicyclic) bond motifs is 1. The number of rotatable bonds is 4. The topological polar surface area (TPSA) is 58.4 Å². The molecule has 0 aliphatic carbocycles. The first-order valence-corrected chi connectivity index (χ1v) is 7.68. The highest BCUT2D eigenvalue weighted by Gasteiger charge is 2.28. The number of hydrogen-bond acceptors (Lipinski definition) is 3. The maximum atomic E-state index is 12.0. The minimum atomic E-state index is -0.471. The number of nitrogens with one attached hydrogen (secondary N) is 1. The van der Waals surface area contributed by atoms with Gasteiger partial charge in [-0.25, -0.2) is 0 Å². The van der Waals surface area contributed by atoms with Gasteiger partial charge in [0.1, 0.15) is 0 Å². The van der Waals surface area contributed by atoms with Gasteiger partial charge >= 0.3 is 0 Å². The summed E-state index contributed by atoms with van der Waals surface area (Å²) in [5.74, 6) is -0.0670. The van der Waals surface area contributed by atoms with Crippen LogP contribution in [0.5, 0.6) is 0 Å². The number of anilines is 1. The summed E-state index contributed by atoms with van der Waals surface area (Å²) in [7, 11) is 0. The third-order valence-corrected chi connectivity index (χ3v) is 4.22. The number of para-hydroxylation sites is 1. The van der Waals surface area contributed by atoms with Gasteiger partial charge in [-0.05, 0) is 30.4 Å². The quantitative estimate of drug-likeness (QED) is 0.866. The van der Waals surface area contributed by atoms with E-state index in [2.05, 4.69) is 41.4 Å². The van der Waals surface area contributed by atoms with Crippen LogP contribution in [-0.2, 0) is 11.2 Å². The van der Waals surface area contributed by atoms with E-state index in [0.717, 1.165) is 13.0 Å². The van der Waals surface area contributed by atoms with Gasteiger partial charge in [0.25, 0.3) is 0 Å². The molecule has 0 saturated heterocycles. The van der Waals surface area contributed by atoms with E-state index in [0.29, 0.717) is 12.6 Å². The molecule has 3 N–H and O–H groups in total. The number of nitrogens with two attached hydrogens (primary N) is 1. The second-order valence-electron chi connectivity index (χ2n) is 7.01. The molecule has 23 heavy (non-hydrogen) atoms. The SMILES string of the molecule is CC1Cc2ccccc2N1CCNC(=O)[C@@H](N)C(C)(C)C.Cl.Cl. The van der Waals surface area contributed by atoms with Crippen molar-refractivity contribution in [1.29, 1.82) is 0 Å². The molecule has 4 nitrogen and oxygen atoms in total. The monoisotopic (exact) mass is 361 g/mol. The molecule has 132 valence electrons. The van der Waals surface area contributed by atoms with Crippen molar-refractivity contribution < 1.29 is 4.79 Å². The Morgan fingerprint density at radius 3 is 2.57 bits per heavy atom. The molecule has 0 bridgehead atoms. The molecule has 1 heterocycles. The molecular weight excluding hydrogens is 333 g/mol. The Hall–Kier alpha value is -0.970. The molecule has 0 radical (unpaired) electrons. The number of benzene rings is 1. The van der Waals surface area contributed by atoms with Crippen LogP contribution >= 0.6 is 24.8 Å². The van der Waals surface area contributed by atoms with Crippen molar-refractivity contribution in [2.45, 2.75) is 46.2 Å². The van der Waals surface area contributed by atoms with E-state index in [4.69, 9.17) is 5.73 Å². The molecule has 1 amide bonds. The highest BCUT2D eigenvalue weighted by Crippen LogP contribution is 2.31. The van der Waals surface area contributed by atoms with Gasteiger partial charge in [0.2, 0.25) is 5.91 Å². The number of carbonyl (C=O) groups is 1. The Labute approximate surface area is 152 Å². The first kappa shape index (κ1) is 22.0.